The summed E-state index contributed by atoms with van der Waals surface area (Å²) in [6, 6.07) is 6.54. The van der Waals surface area contributed by atoms with Gasteiger partial charge in [-0.3, -0.25) is 0 Å². The molecule has 5 heteroatoms. The summed E-state index contributed by atoms with van der Waals surface area (Å²) in [4.78, 5) is 0. The van der Waals surface area contributed by atoms with E-state index in [1.54, 1.807) is 12.1 Å². The first-order chi connectivity index (χ1) is 9.01. The fourth-order valence-electron chi connectivity index (χ4n) is 2.51. The van der Waals surface area contributed by atoms with Gasteiger partial charge in [0.05, 0.1) is 0 Å². The molecule has 0 amide bonds. The van der Waals surface area contributed by atoms with Gasteiger partial charge in [0.1, 0.15) is 5.75 Å². The maximum atomic E-state index is 12.2. The molecule has 1 N–H and O–H groups in total. The number of hydrogen-bond acceptors (Lipinski definition) is 2. The molecule has 0 radical (unpaired) electrons. The average molecular weight is 271 g/mol. The molecule has 0 aromatic heterocycles. The first-order valence-electron chi connectivity index (χ1n) is 6.63. The highest BCUT2D eigenvalue weighted by Gasteiger charge is 2.41. The van der Waals surface area contributed by atoms with E-state index in [1.807, 2.05) is 0 Å². The molecule has 3 rings (SSSR count). The number of rotatable bonds is 5. The molecule has 0 aliphatic heterocycles. The second-order valence-electron chi connectivity index (χ2n) is 5.42. The second kappa shape index (κ2) is 4.62. The van der Waals surface area contributed by atoms with Crippen LogP contribution in [0.2, 0.25) is 0 Å². The highest BCUT2D eigenvalue weighted by molar-refractivity contribution is 5.49. The van der Waals surface area contributed by atoms with Crippen LogP contribution >= 0.6 is 0 Å². The summed E-state index contributed by atoms with van der Waals surface area (Å²) in [5, 5.41) is 3.38. The molecule has 2 aliphatic rings. The van der Waals surface area contributed by atoms with Crippen LogP contribution in [0.4, 0.5) is 18.9 Å². The van der Waals surface area contributed by atoms with Crippen LogP contribution < -0.4 is 10.1 Å². The molecule has 0 unspecified atom stereocenters. The van der Waals surface area contributed by atoms with Crippen molar-refractivity contribution in [1.29, 1.82) is 0 Å². The highest BCUT2D eigenvalue weighted by atomic mass is 19.4. The van der Waals surface area contributed by atoms with Gasteiger partial charge < -0.3 is 10.1 Å². The predicted octanol–water partition coefficient (Wildman–Crippen LogP) is 4.19. The molecular weight excluding hydrogens is 255 g/mol. The minimum Gasteiger partial charge on any atom is -0.406 e. The molecule has 0 saturated heterocycles. The van der Waals surface area contributed by atoms with Gasteiger partial charge in [0, 0.05) is 17.8 Å². The Labute approximate surface area is 109 Å². The lowest BCUT2D eigenvalue weighted by Crippen LogP contribution is -2.24. The fourth-order valence-corrected chi connectivity index (χ4v) is 2.51. The van der Waals surface area contributed by atoms with Crippen LogP contribution in [0.15, 0.2) is 24.3 Å². The Balaban J connectivity index is 1.68. The van der Waals surface area contributed by atoms with E-state index in [9.17, 15) is 13.2 Å². The number of nitrogens with one attached hydrogen (secondary N) is 1. The molecule has 2 fully saturated rings. The molecule has 0 bridgehead atoms. The molecule has 2 saturated carbocycles. The van der Waals surface area contributed by atoms with Crippen molar-refractivity contribution in [1.82, 2.24) is 0 Å². The van der Waals surface area contributed by atoms with Crippen LogP contribution in [0.25, 0.3) is 0 Å². The third-order valence-corrected chi connectivity index (χ3v) is 3.66. The van der Waals surface area contributed by atoms with E-state index in [4.69, 9.17) is 0 Å². The van der Waals surface area contributed by atoms with Gasteiger partial charge in [-0.25, -0.2) is 0 Å². The second-order valence-corrected chi connectivity index (χ2v) is 5.42. The van der Waals surface area contributed by atoms with Crippen LogP contribution in [0.3, 0.4) is 0 Å². The Morgan fingerprint density at radius 2 is 1.74 bits per heavy atom. The zero-order chi connectivity index (χ0) is 13.5. The lowest BCUT2D eigenvalue weighted by Gasteiger charge is -2.19. The molecular formula is C14H16F3NO. The van der Waals surface area contributed by atoms with E-state index in [1.165, 1.54) is 37.8 Å². The molecule has 0 spiro atoms. The molecule has 104 valence electrons. The zero-order valence-corrected chi connectivity index (χ0v) is 10.4. The van der Waals surface area contributed by atoms with Crippen LogP contribution in [-0.2, 0) is 0 Å². The first kappa shape index (κ1) is 12.6. The van der Waals surface area contributed by atoms with Crippen molar-refractivity contribution in [2.45, 2.75) is 38.1 Å². The smallest absolute Gasteiger partial charge is 0.406 e. The number of ether oxygens (including phenoxy) is 1. The summed E-state index contributed by atoms with van der Waals surface area (Å²) in [5.41, 5.74) is 0.713. The van der Waals surface area contributed by atoms with Crippen LogP contribution in [0.5, 0.6) is 5.75 Å². The van der Waals surface area contributed by atoms with Crippen molar-refractivity contribution in [3.63, 3.8) is 0 Å². The van der Waals surface area contributed by atoms with Gasteiger partial charge in [-0.2, -0.15) is 0 Å². The van der Waals surface area contributed by atoms with Crippen molar-refractivity contribution < 1.29 is 17.9 Å². The number of hydrogen-bond donors (Lipinski definition) is 1. The Bertz CT molecular complexity index is 440. The lowest BCUT2D eigenvalue weighted by molar-refractivity contribution is -0.274. The Morgan fingerprint density at radius 3 is 2.26 bits per heavy atom. The molecule has 1 aromatic carbocycles. The van der Waals surface area contributed by atoms with Gasteiger partial charge in [0.2, 0.25) is 0 Å². The summed E-state index contributed by atoms with van der Waals surface area (Å²) < 4.78 is 40.4. The van der Waals surface area contributed by atoms with Crippen LogP contribution in [0.1, 0.15) is 25.7 Å². The van der Waals surface area contributed by atoms with Gasteiger partial charge in [0.15, 0.2) is 0 Å². The number of alkyl halides is 3. The van der Waals surface area contributed by atoms with E-state index >= 15 is 0 Å². The summed E-state index contributed by atoms with van der Waals surface area (Å²) in [6.07, 6.45) is 0.282. The van der Waals surface area contributed by atoms with Gasteiger partial charge >= 0.3 is 6.36 Å². The van der Waals surface area contributed by atoms with E-state index in [0.717, 1.165) is 0 Å². The minimum absolute atomic E-state index is 0.164. The van der Waals surface area contributed by atoms with E-state index in [0.29, 0.717) is 23.6 Å². The van der Waals surface area contributed by atoms with Crippen molar-refractivity contribution >= 4 is 5.69 Å². The van der Waals surface area contributed by atoms with E-state index < -0.39 is 6.36 Å². The Morgan fingerprint density at radius 1 is 1.11 bits per heavy atom. The quantitative estimate of drug-likeness (QED) is 0.867. The van der Waals surface area contributed by atoms with Crippen molar-refractivity contribution in [3.8, 4) is 5.75 Å². The van der Waals surface area contributed by atoms with Gasteiger partial charge in [0.25, 0.3) is 0 Å². The number of anilines is 1. The van der Waals surface area contributed by atoms with E-state index in [2.05, 4.69) is 10.1 Å². The highest BCUT2D eigenvalue weighted by Crippen LogP contribution is 2.46. The van der Waals surface area contributed by atoms with Crippen LogP contribution in [-0.4, -0.2) is 12.4 Å². The molecule has 0 heterocycles. The van der Waals surface area contributed by atoms with Crippen LogP contribution in [0, 0.1) is 11.8 Å². The van der Waals surface area contributed by atoms with Gasteiger partial charge in [-0.15, -0.1) is 13.2 Å². The largest absolute Gasteiger partial charge is 0.573 e. The maximum absolute atomic E-state index is 12.2. The zero-order valence-electron chi connectivity index (χ0n) is 10.4. The molecule has 0 atom stereocenters. The first-order valence-corrected chi connectivity index (χ1v) is 6.63. The summed E-state index contributed by atoms with van der Waals surface area (Å²) in [6.45, 7) is 0. The van der Waals surface area contributed by atoms with Gasteiger partial charge in [-0.05, 0) is 49.7 Å². The van der Waals surface area contributed by atoms with Gasteiger partial charge in [-0.1, -0.05) is 6.07 Å². The summed E-state index contributed by atoms with van der Waals surface area (Å²) >= 11 is 0. The third-order valence-electron chi connectivity index (χ3n) is 3.66. The minimum atomic E-state index is -4.63. The SMILES string of the molecule is FC(F)(F)Oc1cccc(NC(C2CC2)C2CC2)c1. The number of halogens is 3. The van der Waals surface area contributed by atoms with Crippen molar-refractivity contribution in [3.05, 3.63) is 24.3 Å². The standard InChI is InChI=1S/C14H16F3NO/c15-14(16,17)19-12-3-1-2-11(8-12)18-13(9-4-5-9)10-6-7-10/h1-3,8-10,13,18H,4-7H2. The third kappa shape index (κ3) is 3.55. The lowest BCUT2D eigenvalue weighted by atomic mass is 10.1. The summed E-state index contributed by atoms with van der Waals surface area (Å²) in [5.74, 6) is 1.22. The average Bonchev–Trinajstić information content (AvgIpc) is 3.17. The summed E-state index contributed by atoms with van der Waals surface area (Å²) in [7, 11) is 0. The topological polar surface area (TPSA) is 21.3 Å². The van der Waals surface area contributed by atoms with Crippen molar-refractivity contribution in [2.24, 2.45) is 11.8 Å². The molecule has 2 nitrogen and oxygen atoms in total. The maximum Gasteiger partial charge on any atom is 0.573 e. The number of benzene rings is 1. The molecule has 1 aromatic rings. The molecule has 2 aliphatic carbocycles. The molecule has 19 heavy (non-hydrogen) atoms. The van der Waals surface area contributed by atoms with E-state index in [-0.39, 0.29) is 5.75 Å². The van der Waals surface area contributed by atoms with Crippen molar-refractivity contribution in [2.75, 3.05) is 5.32 Å². The Kier molecular flexibility index (Phi) is 3.07. The monoisotopic (exact) mass is 271 g/mol. The predicted molar refractivity (Wildman–Crippen MR) is 66.0 cm³/mol. The normalized spacial score (nSPS) is 19.6. The fraction of sp³-hybridized carbons (Fsp3) is 0.571. The Hall–Kier alpha value is -1.39.